The van der Waals surface area contributed by atoms with Crippen molar-refractivity contribution in [1.29, 1.82) is 0 Å². The lowest BCUT2D eigenvalue weighted by molar-refractivity contribution is 0.0696. The minimum Gasteiger partial charge on any atom is -0.478 e. The SMILES string of the molecule is O=C(O)c1ccc(Br)c(Oc2ccc3nnnn3n2)c1. The van der Waals surface area contributed by atoms with Crippen molar-refractivity contribution in [3.05, 3.63) is 40.4 Å². The molecule has 0 aliphatic carbocycles. The maximum absolute atomic E-state index is 10.9. The summed E-state index contributed by atoms with van der Waals surface area (Å²) in [6.07, 6.45) is 0. The Morgan fingerprint density at radius 1 is 1.30 bits per heavy atom. The molecule has 8 nitrogen and oxygen atoms in total. The van der Waals surface area contributed by atoms with E-state index in [2.05, 4.69) is 36.6 Å². The fraction of sp³-hybridized carbons (Fsp3) is 0. The molecular weight excluding hydrogens is 330 g/mol. The maximum Gasteiger partial charge on any atom is 0.335 e. The van der Waals surface area contributed by atoms with E-state index in [1.54, 1.807) is 18.2 Å². The number of hydrogen-bond donors (Lipinski definition) is 1. The lowest BCUT2D eigenvalue weighted by Crippen LogP contribution is -1.99. The molecule has 0 radical (unpaired) electrons. The molecule has 0 spiro atoms. The summed E-state index contributed by atoms with van der Waals surface area (Å²) in [7, 11) is 0. The van der Waals surface area contributed by atoms with Crippen LogP contribution >= 0.6 is 15.9 Å². The molecule has 0 bridgehead atoms. The van der Waals surface area contributed by atoms with Crippen molar-refractivity contribution in [3.8, 4) is 11.6 Å². The van der Waals surface area contributed by atoms with Crippen LogP contribution in [0.2, 0.25) is 0 Å². The lowest BCUT2D eigenvalue weighted by Gasteiger charge is -2.07. The Bertz CT molecular complexity index is 804. The zero-order chi connectivity index (χ0) is 14.1. The number of carboxylic acids is 1. The van der Waals surface area contributed by atoms with Crippen molar-refractivity contribution in [2.75, 3.05) is 0 Å². The minimum atomic E-state index is -1.04. The van der Waals surface area contributed by atoms with Gasteiger partial charge >= 0.3 is 5.97 Å². The summed E-state index contributed by atoms with van der Waals surface area (Å²) in [5.74, 6) is -0.455. The second-order valence-corrected chi connectivity index (χ2v) is 4.60. The number of ether oxygens (including phenoxy) is 1. The Labute approximate surface area is 120 Å². The first kappa shape index (κ1) is 12.5. The number of fused-ring (bicyclic) bond motifs is 1. The molecule has 2 aromatic heterocycles. The molecule has 100 valence electrons. The van der Waals surface area contributed by atoms with Gasteiger partial charge in [0.2, 0.25) is 5.88 Å². The largest absolute Gasteiger partial charge is 0.478 e. The molecule has 9 heteroatoms. The Balaban J connectivity index is 1.97. The number of carbonyl (C=O) groups is 1. The van der Waals surface area contributed by atoms with Gasteiger partial charge in [0.05, 0.1) is 10.0 Å². The average Bonchev–Trinajstić information content (AvgIpc) is 2.88. The standard InChI is InChI=1S/C11H6BrN5O3/c12-7-2-1-6(11(18)19)5-8(7)20-10-4-3-9-13-15-16-17(9)14-10/h1-5H,(H,18,19). The highest BCUT2D eigenvalue weighted by molar-refractivity contribution is 9.10. The number of aromatic nitrogens is 5. The number of tetrazole rings is 1. The second kappa shape index (κ2) is 4.85. The van der Waals surface area contributed by atoms with Crippen LogP contribution in [0, 0.1) is 0 Å². The first-order valence-corrected chi connectivity index (χ1v) is 6.19. The molecule has 1 N–H and O–H groups in total. The van der Waals surface area contributed by atoms with Gasteiger partial charge in [0.25, 0.3) is 0 Å². The molecule has 0 saturated carbocycles. The van der Waals surface area contributed by atoms with Crippen LogP contribution in [0.3, 0.4) is 0 Å². The third-order valence-electron chi connectivity index (χ3n) is 2.44. The van der Waals surface area contributed by atoms with Gasteiger partial charge in [-0.2, -0.15) is 0 Å². The molecule has 0 amide bonds. The van der Waals surface area contributed by atoms with Crippen LogP contribution in [0.4, 0.5) is 0 Å². The Morgan fingerprint density at radius 3 is 2.95 bits per heavy atom. The highest BCUT2D eigenvalue weighted by Crippen LogP contribution is 2.29. The predicted octanol–water partition coefficient (Wildman–Crippen LogP) is 1.77. The minimum absolute atomic E-state index is 0.117. The monoisotopic (exact) mass is 335 g/mol. The summed E-state index contributed by atoms with van der Waals surface area (Å²) in [5.41, 5.74) is 0.599. The summed E-state index contributed by atoms with van der Waals surface area (Å²) >= 11 is 3.29. The third-order valence-corrected chi connectivity index (χ3v) is 3.09. The summed E-state index contributed by atoms with van der Waals surface area (Å²) in [6, 6.07) is 7.69. The Morgan fingerprint density at radius 2 is 2.15 bits per heavy atom. The molecule has 0 unspecified atom stereocenters. The summed E-state index contributed by atoms with van der Waals surface area (Å²) < 4.78 is 7.36. The quantitative estimate of drug-likeness (QED) is 0.777. The van der Waals surface area contributed by atoms with Gasteiger partial charge in [-0.05, 0) is 50.6 Å². The second-order valence-electron chi connectivity index (χ2n) is 3.75. The van der Waals surface area contributed by atoms with Crippen molar-refractivity contribution in [3.63, 3.8) is 0 Å². The third kappa shape index (κ3) is 2.30. The molecular formula is C11H6BrN5O3. The zero-order valence-corrected chi connectivity index (χ0v) is 11.4. The van der Waals surface area contributed by atoms with Gasteiger partial charge in [-0.25, -0.2) is 4.79 Å². The molecule has 0 atom stereocenters. The van der Waals surface area contributed by atoms with Crippen LogP contribution < -0.4 is 4.74 Å². The van der Waals surface area contributed by atoms with Crippen LogP contribution in [0.5, 0.6) is 11.6 Å². The fourth-order valence-corrected chi connectivity index (χ4v) is 1.84. The molecule has 2 heterocycles. The van der Waals surface area contributed by atoms with Crippen molar-refractivity contribution in [2.45, 2.75) is 0 Å². The fourth-order valence-electron chi connectivity index (χ4n) is 1.51. The van der Waals surface area contributed by atoms with Gasteiger partial charge < -0.3 is 9.84 Å². The highest BCUT2D eigenvalue weighted by atomic mass is 79.9. The van der Waals surface area contributed by atoms with Crippen molar-refractivity contribution < 1.29 is 14.6 Å². The predicted molar refractivity (Wildman–Crippen MR) is 69.8 cm³/mol. The van der Waals surface area contributed by atoms with E-state index in [0.29, 0.717) is 15.9 Å². The average molecular weight is 336 g/mol. The number of benzene rings is 1. The van der Waals surface area contributed by atoms with E-state index in [4.69, 9.17) is 9.84 Å². The molecule has 0 fully saturated rings. The number of halogens is 1. The number of carboxylic acid groups (broad SMARTS) is 1. The lowest BCUT2D eigenvalue weighted by atomic mass is 10.2. The molecule has 1 aromatic carbocycles. The Kier molecular flexibility index (Phi) is 3.03. The van der Waals surface area contributed by atoms with Crippen LogP contribution in [-0.4, -0.2) is 36.3 Å². The summed E-state index contributed by atoms with van der Waals surface area (Å²) in [6.45, 7) is 0. The van der Waals surface area contributed by atoms with Crippen molar-refractivity contribution in [1.82, 2.24) is 25.3 Å². The molecule has 3 rings (SSSR count). The van der Waals surface area contributed by atoms with E-state index < -0.39 is 5.97 Å². The summed E-state index contributed by atoms with van der Waals surface area (Å²) in [4.78, 5) is 10.9. The van der Waals surface area contributed by atoms with Gasteiger partial charge in [0.1, 0.15) is 5.75 Å². The Hall–Kier alpha value is -2.55. The maximum atomic E-state index is 10.9. The zero-order valence-electron chi connectivity index (χ0n) is 9.76. The van der Waals surface area contributed by atoms with Crippen LogP contribution in [0.25, 0.3) is 5.65 Å². The molecule has 3 aromatic rings. The smallest absolute Gasteiger partial charge is 0.335 e. The van der Waals surface area contributed by atoms with Gasteiger partial charge in [-0.1, -0.05) is 0 Å². The molecule has 0 aliphatic heterocycles. The summed E-state index contributed by atoms with van der Waals surface area (Å²) in [5, 5.41) is 23.8. The number of nitrogens with zero attached hydrogens (tertiary/aromatic N) is 5. The normalized spacial score (nSPS) is 10.7. The van der Waals surface area contributed by atoms with Gasteiger partial charge in [-0.15, -0.1) is 14.8 Å². The van der Waals surface area contributed by atoms with Crippen LogP contribution in [0.1, 0.15) is 10.4 Å². The topological polar surface area (TPSA) is 102 Å². The van der Waals surface area contributed by atoms with Gasteiger partial charge in [0.15, 0.2) is 5.65 Å². The number of aromatic carboxylic acids is 1. The highest BCUT2D eigenvalue weighted by Gasteiger charge is 2.10. The van der Waals surface area contributed by atoms with Crippen molar-refractivity contribution in [2.24, 2.45) is 0 Å². The van der Waals surface area contributed by atoms with E-state index in [1.165, 1.54) is 16.8 Å². The first-order valence-electron chi connectivity index (χ1n) is 5.39. The van der Waals surface area contributed by atoms with E-state index in [9.17, 15) is 4.79 Å². The molecule has 0 saturated heterocycles. The molecule has 0 aliphatic rings. The first-order chi connectivity index (χ1) is 9.63. The van der Waals surface area contributed by atoms with Crippen molar-refractivity contribution >= 4 is 27.5 Å². The number of rotatable bonds is 3. The molecule has 20 heavy (non-hydrogen) atoms. The van der Waals surface area contributed by atoms with Crippen LogP contribution in [0.15, 0.2) is 34.8 Å². The van der Waals surface area contributed by atoms with E-state index in [-0.39, 0.29) is 11.4 Å². The van der Waals surface area contributed by atoms with E-state index in [1.807, 2.05) is 0 Å². The van der Waals surface area contributed by atoms with Crippen LogP contribution in [-0.2, 0) is 0 Å². The van der Waals surface area contributed by atoms with Gasteiger partial charge in [0, 0.05) is 6.07 Å². The van der Waals surface area contributed by atoms with Gasteiger partial charge in [-0.3, -0.25) is 0 Å². The van der Waals surface area contributed by atoms with E-state index in [0.717, 1.165) is 0 Å². The van der Waals surface area contributed by atoms with E-state index >= 15 is 0 Å². The number of hydrogen-bond acceptors (Lipinski definition) is 6.